The summed E-state index contributed by atoms with van der Waals surface area (Å²) in [5.41, 5.74) is 2.10. The van der Waals surface area contributed by atoms with E-state index in [0.717, 1.165) is 5.56 Å². The monoisotopic (exact) mass is 317 g/mol. The number of esters is 1. The zero-order valence-electron chi connectivity index (χ0n) is 13.0. The lowest BCUT2D eigenvalue weighted by atomic mass is 9.66. The number of piperidine rings is 1. The third-order valence-corrected chi connectivity index (χ3v) is 5.04. The van der Waals surface area contributed by atoms with Gasteiger partial charge in [0.05, 0.1) is 7.11 Å². The Morgan fingerprint density at radius 1 is 1.27 bits per heavy atom. The van der Waals surface area contributed by atoms with Gasteiger partial charge in [0.2, 0.25) is 0 Å². The number of allylic oxidation sites excluding steroid dienone is 2. The minimum atomic E-state index is -0.374. The van der Waals surface area contributed by atoms with Gasteiger partial charge in [-0.25, -0.2) is 0 Å². The number of ether oxygens (including phenoxy) is 1. The number of carbonyl (C=O) groups excluding carboxylic acids is 1. The van der Waals surface area contributed by atoms with Crippen molar-refractivity contribution in [3.63, 3.8) is 0 Å². The minimum absolute atomic E-state index is 0.0411. The van der Waals surface area contributed by atoms with Crippen LogP contribution < -0.4 is 5.32 Å². The van der Waals surface area contributed by atoms with Gasteiger partial charge in [0.1, 0.15) is 6.04 Å². The van der Waals surface area contributed by atoms with E-state index in [1.165, 1.54) is 12.7 Å². The molecule has 1 N–H and O–H groups in total. The molecule has 1 aromatic rings. The van der Waals surface area contributed by atoms with E-state index in [0.29, 0.717) is 5.02 Å². The molecule has 3 nitrogen and oxygen atoms in total. The molecule has 3 rings (SSSR count). The van der Waals surface area contributed by atoms with Crippen LogP contribution in [0.3, 0.4) is 0 Å². The largest absolute Gasteiger partial charge is 0.468 e. The topological polar surface area (TPSA) is 38.3 Å². The van der Waals surface area contributed by atoms with Crippen LogP contribution in [0.4, 0.5) is 0 Å². The number of rotatable bonds is 2. The second kappa shape index (κ2) is 5.56. The van der Waals surface area contributed by atoms with Crippen LogP contribution in [0, 0.1) is 11.3 Å². The SMILES string of the molecule is COC(=O)[C@@H]1N[C@H](c2ccc(Cl)cc2)C2C=CC=C2C1(C)C. The maximum absolute atomic E-state index is 12.2. The molecule has 4 heteroatoms. The van der Waals surface area contributed by atoms with Crippen LogP contribution in [0.1, 0.15) is 25.5 Å². The molecule has 0 amide bonds. The van der Waals surface area contributed by atoms with Crippen molar-refractivity contribution in [1.29, 1.82) is 0 Å². The molecule has 1 aliphatic carbocycles. The second-order valence-electron chi connectivity index (χ2n) is 6.41. The van der Waals surface area contributed by atoms with E-state index in [2.05, 4.69) is 37.4 Å². The molecule has 1 unspecified atom stereocenters. The average Bonchev–Trinajstić information content (AvgIpc) is 2.99. The van der Waals surface area contributed by atoms with Gasteiger partial charge in [-0.05, 0) is 17.7 Å². The molecular weight excluding hydrogens is 298 g/mol. The molecule has 1 aliphatic heterocycles. The Labute approximate surface area is 136 Å². The number of carbonyl (C=O) groups is 1. The van der Waals surface area contributed by atoms with Crippen LogP contribution in [0.15, 0.2) is 48.1 Å². The molecule has 116 valence electrons. The fourth-order valence-corrected chi connectivity index (χ4v) is 3.67. The maximum Gasteiger partial charge on any atom is 0.323 e. The first-order valence-electron chi connectivity index (χ1n) is 7.43. The van der Waals surface area contributed by atoms with Gasteiger partial charge in [-0.3, -0.25) is 10.1 Å². The molecule has 1 aromatic carbocycles. The number of halogens is 1. The molecule has 1 fully saturated rings. The normalized spacial score (nSPS) is 28.9. The van der Waals surface area contributed by atoms with Crippen LogP contribution in [-0.4, -0.2) is 19.1 Å². The average molecular weight is 318 g/mol. The fourth-order valence-electron chi connectivity index (χ4n) is 3.54. The van der Waals surface area contributed by atoms with Gasteiger partial charge in [0, 0.05) is 22.4 Å². The van der Waals surface area contributed by atoms with Gasteiger partial charge in [-0.2, -0.15) is 0 Å². The molecular formula is C18H20ClNO2. The second-order valence-corrected chi connectivity index (χ2v) is 6.84. The van der Waals surface area contributed by atoms with Crippen molar-refractivity contribution in [3.05, 3.63) is 58.7 Å². The van der Waals surface area contributed by atoms with Crippen molar-refractivity contribution < 1.29 is 9.53 Å². The first-order chi connectivity index (χ1) is 10.4. The summed E-state index contributed by atoms with van der Waals surface area (Å²) in [6.07, 6.45) is 6.40. The first-order valence-corrected chi connectivity index (χ1v) is 7.81. The summed E-state index contributed by atoms with van der Waals surface area (Å²) in [4.78, 5) is 12.2. The van der Waals surface area contributed by atoms with Crippen LogP contribution >= 0.6 is 11.6 Å². The summed E-state index contributed by atoms with van der Waals surface area (Å²) in [6.45, 7) is 4.18. The summed E-state index contributed by atoms with van der Waals surface area (Å²) >= 11 is 5.99. The van der Waals surface area contributed by atoms with Gasteiger partial charge >= 0.3 is 5.97 Å². The van der Waals surface area contributed by atoms with Crippen LogP contribution in [-0.2, 0) is 9.53 Å². The van der Waals surface area contributed by atoms with Gasteiger partial charge in [-0.15, -0.1) is 0 Å². The molecule has 0 radical (unpaired) electrons. The van der Waals surface area contributed by atoms with Crippen molar-refractivity contribution in [3.8, 4) is 0 Å². The lowest BCUT2D eigenvalue weighted by molar-refractivity contribution is -0.147. The predicted molar refractivity (Wildman–Crippen MR) is 87.6 cm³/mol. The van der Waals surface area contributed by atoms with Crippen molar-refractivity contribution in [2.45, 2.75) is 25.9 Å². The Morgan fingerprint density at radius 2 is 1.95 bits per heavy atom. The van der Waals surface area contributed by atoms with Crippen LogP contribution in [0.25, 0.3) is 0 Å². The standard InChI is InChI=1S/C18H20ClNO2/c1-18(2)14-6-4-5-13(14)15(20-16(18)17(21)22-3)11-7-9-12(19)10-8-11/h4-10,13,15-16,20H,1-3H3/t13?,15-,16+/m1/s1. The van der Waals surface area contributed by atoms with Crippen molar-refractivity contribution in [1.82, 2.24) is 5.32 Å². The molecule has 22 heavy (non-hydrogen) atoms. The summed E-state index contributed by atoms with van der Waals surface area (Å²) in [5, 5.41) is 4.20. The lowest BCUT2D eigenvalue weighted by Gasteiger charge is -2.46. The predicted octanol–water partition coefficient (Wildman–Crippen LogP) is 3.66. The Balaban J connectivity index is 2.01. The summed E-state index contributed by atoms with van der Waals surface area (Å²) in [5.74, 6) is 0.0206. The molecule has 0 aromatic heterocycles. The summed E-state index contributed by atoms with van der Waals surface area (Å²) < 4.78 is 5.01. The maximum atomic E-state index is 12.2. The molecule has 1 saturated heterocycles. The first kappa shape index (κ1) is 15.3. The minimum Gasteiger partial charge on any atom is -0.468 e. The summed E-state index contributed by atoms with van der Waals surface area (Å²) in [7, 11) is 1.44. The zero-order chi connectivity index (χ0) is 15.9. The Bertz CT molecular complexity index is 646. The van der Waals surface area contributed by atoms with Crippen molar-refractivity contribution in [2.75, 3.05) is 7.11 Å². The van der Waals surface area contributed by atoms with Gasteiger partial charge in [-0.1, -0.05) is 61.4 Å². The van der Waals surface area contributed by atoms with Gasteiger partial charge in [0.15, 0.2) is 0 Å². The van der Waals surface area contributed by atoms with E-state index in [1.807, 2.05) is 24.3 Å². The number of methoxy groups -OCH3 is 1. The molecule has 0 bridgehead atoms. The number of fused-ring (bicyclic) bond motifs is 1. The van der Waals surface area contributed by atoms with E-state index >= 15 is 0 Å². The van der Waals surface area contributed by atoms with Gasteiger partial charge < -0.3 is 4.74 Å². The van der Waals surface area contributed by atoms with E-state index in [9.17, 15) is 4.79 Å². The van der Waals surface area contributed by atoms with E-state index < -0.39 is 0 Å². The highest BCUT2D eigenvalue weighted by Gasteiger charge is 2.49. The molecule has 0 saturated carbocycles. The third-order valence-electron chi connectivity index (χ3n) is 4.79. The Kier molecular flexibility index (Phi) is 3.87. The number of benzene rings is 1. The van der Waals surface area contributed by atoms with Gasteiger partial charge in [0.25, 0.3) is 0 Å². The highest BCUT2D eigenvalue weighted by molar-refractivity contribution is 6.30. The Morgan fingerprint density at radius 3 is 2.59 bits per heavy atom. The fraction of sp³-hybridized carbons (Fsp3) is 0.389. The van der Waals surface area contributed by atoms with E-state index in [1.54, 1.807) is 0 Å². The lowest BCUT2D eigenvalue weighted by Crippen LogP contribution is -2.56. The molecule has 0 spiro atoms. The Hall–Kier alpha value is -1.58. The van der Waals surface area contributed by atoms with Crippen molar-refractivity contribution in [2.24, 2.45) is 11.3 Å². The highest BCUT2D eigenvalue weighted by atomic mass is 35.5. The molecule has 3 atom stereocenters. The summed E-state index contributed by atoms with van der Waals surface area (Å²) in [6, 6.07) is 7.45. The molecule has 2 aliphatic rings. The zero-order valence-corrected chi connectivity index (χ0v) is 13.7. The number of hydrogen-bond acceptors (Lipinski definition) is 3. The quantitative estimate of drug-likeness (QED) is 0.846. The third kappa shape index (κ3) is 2.38. The number of hydrogen-bond donors (Lipinski definition) is 1. The van der Waals surface area contributed by atoms with E-state index in [-0.39, 0.29) is 29.4 Å². The number of nitrogens with one attached hydrogen (secondary N) is 1. The van der Waals surface area contributed by atoms with Crippen LogP contribution in [0.2, 0.25) is 5.02 Å². The smallest absolute Gasteiger partial charge is 0.323 e. The van der Waals surface area contributed by atoms with Crippen molar-refractivity contribution >= 4 is 17.6 Å². The van der Waals surface area contributed by atoms with E-state index in [4.69, 9.17) is 16.3 Å². The van der Waals surface area contributed by atoms with Crippen LogP contribution in [0.5, 0.6) is 0 Å². The highest BCUT2D eigenvalue weighted by Crippen LogP contribution is 2.48. The molecule has 1 heterocycles.